The van der Waals surface area contributed by atoms with Gasteiger partial charge in [-0.1, -0.05) is 11.6 Å². The summed E-state index contributed by atoms with van der Waals surface area (Å²) in [5, 5.41) is 10.3. The summed E-state index contributed by atoms with van der Waals surface area (Å²) in [5.41, 5.74) is 2.10. The van der Waals surface area contributed by atoms with Crippen LogP contribution in [0.5, 0.6) is 0 Å². The van der Waals surface area contributed by atoms with Crippen LogP contribution < -0.4 is 10.0 Å². The fourth-order valence-electron chi connectivity index (χ4n) is 4.52. The molecule has 9 nitrogen and oxygen atoms in total. The molecule has 2 aromatic heterocycles. The fraction of sp³-hybridized carbons (Fsp3) is 0.647. The van der Waals surface area contributed by atoms with Crippen molar-refractivity contribution in [3.8, 4) is 0 Å². The van der Waals surface area contributed by atoms with Crippen LogP contribution in [-0.4, -0.2) is 78.5 Å². The molecule has 1 aliphatic heterocycles. The van der Waals surface area contributed by atoms with E-state index in [0.29, 0.717) is 18.2 Å². The largest absolute Gasteiger partial charge is 0.354 e. The molecule has 4 rings (SSSR count). The normalized spacial score (nSPS) is 19.6. The highest BCUT2D eigenvalue weighted by Gasteiger charge is 2.55. The molecule has 2 aliphatic rings. The van der Waals surface area contributed by atoms with Gasteiger partial charge < -0.3 is 9.80 Å². The Morgan fingerprint density at radius 1 is 1.32 bits per heavy atom. The average molecular weight is 428 g/mol. The lowest BCUT2D eigenvalue weighted by Gasteiger charge is -2.60. The van der Waals surface area contributed by atoms with Gasteiger partial charge in [-0.2, -0.15) is 17.8 Å². The van der Waals surface area contributed by atoms with Crippen molar-refractivity contribution in [1.29, 1.82) is 0 Å². The van der Waals surface area contributed by atoms with E-state index in [1.165, 1.54) is 10.6 Å². The first-order valence-corrected chi connectivity index (χ1v) is 11.2. The zero-order valence-corrected chi connectivity index (χ0v) is 17.9. The van der Waals surface area contributed by atoms with Gasteiger partial charge in [-0.25, -0.2) is 14.6 Å². The summed E-state index contributed by atoms with van der Waals surface area (Å²) in [5.74, 6) is 0.879. The van der Waals surface area contributed by atoms with Crippen molar-refractivity contribution in [2.24, 2.45) is 10.6 Å². The third kappa shape index (κ3) is 3.37. The number of aromatic nitrogens is 3. The molecule has 0 amide bonds. The summed E-state index contributed by atoms with van der Waals surface area (Å²) >= 11 is 6.24. The van der Waals surface area contributed by atoms with Crippen LogP contribution in [0.4, 0.5) is 5.82 Å². The first-order valence-electron chi connectivity index (χ1n) is 9.28. The van der Waals surface area contributed by atoms with Crippen molar-refractivity contribution in [2.75, 3.05) is 45.2 Å². The van der Waals surface area contributed by atoms with E-state index in [9.17, 15) is 8.42 Å². The molecule has 2 N–H and O–H groups in total. The maximum atomic E-state index is 12.0. The zero-order valence-electron chi connectivity index (χ0n) is 16.3. The molecule has 1 aliphatic carbocycles. The van der Waals surface area contributed by atoms with Crippen molar-refractivity contribution in [3.63, 3.8) is 0 Å². The van der Waals surface area contributed by atoms with Gasteiger partial charge in [0.15, 0.2) is 5.82 Å². The lowest BCUT2D eigenvalue weighted by atomic mass is 9.60. The van der Waals surface area contributed by atoms with Crippen LogP contribution in [0.2, 0.25) is 5.15 Å². The number of aryl methyl sites for hydroxylation is 1. The predicted octanol–water partition coefficient (Wildman–Crippen LogP) is 0.727. The average Bonchev–Trinajstić information content (AvgIpc) is 2.81. The molecular formula is C17H26ClN7O2S. The van der Waals surface area contributed by atoms with E-state index in [1.54, 1.807) is 4.52 Å². The molecule has 2 fully saturated rings. The molecule has 0 unspecified atom stereocenters. The molecule has 0 radical (unpaired) electrons. The lowest BCUT2D eigenvalue weighted by molar-refractivity contribution is 0.0120. The van der Waals surface area contributed by atoms with E-state index in [-0.39, 0.29) is 11.5 Å². The Morgan fingerprint density at radius 2 is 2.00 bits per heavy atom. The van der Waals surface area contributed by atoms with Crippen LogP contribution in [0.1, 0.15) is 18.4 Å². The smallest absolute Gasteiger partial charge is 0.277 e. The van der Waals surface area contributed by atoms with Crippen LogP contribution >= 0.6 is 11.6 Å². The summed E-state index contributed by atoms with van der Waals surface area (Å²) in [6.07, 6.45) is 3.18. The quantitative estimate of drug-likeness (QED) is 0.729. The number of fused-ring (bicyclic) bond motifs is 1. The van der Waals surface area contributed by atoms with Crippen molar-refractivity contribution >= 4 is 33.1 Å². The first kappa shape index (κ1) is 19.8. The second-order valence-electron chi connectivity index (χ2n) is 8.37. The van der Waals surface area contributed by atoms with Crippen molar-refractivity contribution in [1.82, 2.24) is 23.8 Å². The molecule has 2 aromatic rings. The number of nitrogens with zero attached hydrogens (tertiary/aromatic N) is 6. The topological polar surface area (TPSA) is 100 Å². The first-order chi connectivity index (χ1) is 13.1. The molecule has 1 spiro atoms. The van der Waals surface area contributed by atoms with Gasteiger partial charge in [-0.05, 0) is 45.5 Å². The zero-order chi connectivity index (χ0) is 20.3. The Balaban J connectivity index is 1.44. The molecule has 28 heavy (non-hydrogen) atoms. The fourth-order valence-corrected chi connectivity index (χ4v) is 5.71. The van der Waals surface area contributed by atoms with Gasteiger partial charge in [0.2, 0.25) is 0 Å². The second-order valence-corrected chi connectivity index (χ2v) is 10.3. The number of halogens is 1. The number of rotatable bonds is 6. The Hall–Kier alpha value is -1.46. The molecule has 0 aromatic carbocycles. The number of likely N-dealkylation sites (N-methyl/N-ethyl adjacent to an activating group) is 1. The van der Waals surface area contributed by atoms with Crippen LogP contribution in [0.15, 0.2) is 12.4 Å². The lowest BCUT2D eigenvalue weighted by Crippen LogP contribution is -2.68. The standard InChI is InChI=1S/C17H26ClN7O2S/c1-12-6-14(18)25-15(12)16(20-11-21-25)23-9-17(10-23)7-13(8-17)24(28(19,26)27)5-4-22(2)3/h6,11,13H,4-5,7-10H2,1-3H3,(H2,19,26,27). The summed E-state index contributed by atoms with van der Waals surface area (Å²) in [4.78, 5) is 8.65. The molecule has 11 heteroatoms. The molecule has 1 saturated heterocycles. The van der Waals surface area contributed by atoms with Crippen molar-refractivity contribution in [3.05, 3.63) is 23.1 Å². The highest BCUT2D eigenvalue weighted by Crippen LogP contribution is 2.52. The van der Waals surface area contributed by atoms with Crippen LogP contribution in [0.3, 0.4) is 0 Å². The number of anilines is 1. The van der Waals surface area contributed by atoms with Gasteiger partial charge >= 0.3 is 0 Å². The maximum absolute atomic E-state index is 12.0. The molecule has 0 atom stereocenters. The second kappa shape index (κ2) is 6.81. The minimum Gasteiger partial charge on any atom is -0.354 e. The van der Waals surface area contributed by atoms with Gasteiger partial charge in [0, 0.05) is 37.6 Å². The number of nitrogens with two attached hydrogens (primary N) is 1. The summed E-state index contributed by atoms with van der Waals surface area (Å²) < 4.78 is 27.2. The van der Waals surface area contributed by atoms with Gasteiger partial charge in [-0.3, -0.25) is 0 Å². The molecule has 1 saturated carbocycles. The monoisotopic (exact) mass is 427 g/mol. The summed E-state index contributed by atoms with van der Waals surface area (Å²) in [6, 6.07) is 1.87. The van der Waals surface area contributed by atoms with Crippen LogP contribution in [0.25, 0.3) is 5.52 Å². The third-order valence-electron chi connectivity index (χ3n) is 5.87. The summed E-state index contributed by atoms with van der Waals surface area (Å²) in [7, 11) is 0.147. The SMILES string of the molecule is Cc1cc(Cl)n2ncnc(N3CC4(CC(N(CCN(C)C)S(N)(=O)=O)C4)C3)c12. The van der Waals surface area contributed by atoms with E-state index < -0.39 is 10.2 Å². The van der Waals surface area contributed by atoms with Gasteiger partial charge in [-0.15, -0.1) is 0 Å². The van der Waals surface area contributed by atoms with E-state index in [1.807, 2.05) is 32.0 Å². The number of hydrogen-bond donors (Lipinski definition) is 1. The Kier molecular flexibility index (Phi) is 4.82. The van der Waals surface area contributed by atoms with Gasteiger partial charge in [0.25, 0.3) is 10.2 Å². The molecular weight excluding hydrogens is 402 g/mol. The highest BCUT2D eigenvalue weighted by molar-refractivity contribution is 7.86. The third-order valence-corrected chi connectivity index (χ3v) is 7.28. The van der Waals surface area contributed by atoms with Crippen molar-refractivity contribution in [2.45, 2.75) is 25.8 Å². The molecule has 3 heterocycles. The maximum Gasteiger partial charge on any atom is 0.277 e. The van der Waals surface area contributed by atoms with E-state index in [4.69, 9.17) is 16.7 Å². The number of hydrogen-bond acceptors (Lipinski definition) is 6. The molecule has 154 valence electrons. The van der Waals surface area contributed by atoms with E-state index in [0.717, 1.165) is 42.8 Å². The van der Waals surface area contributed by atoms with Crippen LogP contribution in [-0.2, 0) is 10.2 Å². The van der Waals surface area contributed by atoms with E-state index >= 15 is 0 Å². The van der Waals surface area contributed by atoms with E-state index in [2.05, 4.69) is 15.0 Å². The highest BCUT2D eigenvalue weighted by atomic mass is 35.5. The predicted molar refractivity (Wildman–Crippen MR) is 109 cm³/mol. The van der Waals surface area contributed by atoms with Crippen molar-refractivity contribution < 1.29 is 8.42 Å². The molecule has 0 bridgehead atoms. The Labute approximate surface area is 170 Å². The van der Waals surface area contributed by atoms with Gasteiger partial charge in [0.1, 0.15) is 17.0 Å². The Morgan fingerprint density at radius 3 is 2.61 bits per heavy atom. The summed E-state index contributed by atoms with van der Waals surface area (Å²) in [6.45, 7) is 4.77. The Bertz CT molecular complexity index is 992. The minimum atomic E-state index is -3.70. The van der Waals surface area contributed by atoms with Gasteiger partial charge in [0.05, 0.1) is 0 Å². The van der Waals surface area contributed by atoms with Crippen LogP contribution in [0, 0.1) is 12.3 Å². The minimum absolute atomic E-state index is 0.0213.